The number of benzene rings is 1. The maximum Gasteiger partial charge on any atom is 0.311 e. The van der Waals surface area contributed by atoms with Gasteiger partial charge in [-0.2, -0.15) is 0 Å². The maximum absolute atomic E-state index is 12.4. The van der Waals surface area contributed by atoms with Gasteiger partial charge in [0.05, 0.1) is 12.5 Å². The standard InChI is InChI=1S/C18H20ClNO5/c19-15-3-13-8-23-10-25-17(13)14(4-15)9-24-18(22)12-5-16(21)20(7-12)6-11-1-2-11/h3-4,11-12H,1-2,5-10H2/t12-/m0/s1. The molecule has 2 aliphatic heterocycles. The average Bonchev–Trinajstić information content (AvgIpc) is 3.34. The summed E-state index contributed by atoms with van der Waals surface area (Å²) >= 11 is 6.11. The van der Waals surface area contributed by atoms with Gasteiger partial charge in [-0.15, -0.1) is 0 Å². The second kappa shape index (κ2) is 6.84. The number of nitrogens with zero attached hydrogens (tertiary/aromatic N) is 1. The summed E-state index contributed by atoms with van der Waals surface area (Å²) < 4.78 is 16.2. The van der Waals surface area contributed by atoms with Gasteiger partial charge in [0.25, 0.3) is 0 Å². The third kappa shape index (κ3) is 3.75. The minimum absolute atomic E-state index is 0.0504. The van der Waals surface area contributed by atoms with Crippen LogP contribution in [0.2, 0.25) is 5.02 Å². The number of rotatable bonds is 5. The Labute approximate surface area is 151 Å². The van der Waals surface area contributed by atoms with Crippen LogP contribution in [0.3, 0.4) is 0 Å². The van der Waals surface area contributed by atoms with E-state index < -0.39 is 0 Å². The summed E-state index contributed by atoms with van der Waals surface area (Å²) in [5.74, 6) is 0.616. The highest BCUT2D eigenvalue weighted by Crippen LogP contribution is 2.34. The van der Waals surface area contributed by atoms with Gasteiger partial charge in [0.2, 0.25) is 5.91 Å². The Balaban J connectivity index is 1.37. The molecule has 1 aliphatic carbocycles. The van der Waals surface area contributed by atoms with Crippen LogP contribution < -0.4 is 4.74 Å². The fourth-order valence-electron chi connectivity index (χ4n) is 3.35. The zero-order valence-corrected chi connectivity index (χ0v) is 14.6. The molecule has 1 amide bonds. The molecule has 1 atom stereocenters. The van der Waals surface area contributed by atoms with Crippen LogP contribution in [0.15, 0.2) is 12.1 Å². The molecule has 0 spiro atoms. The summed E-state index contributed by atoms with van der Waals surface area (Å²) in [5.41, 5.74) is 1.56. The number of carbonyl (C=O) groups is 2. The van der Waals surface area contributed by atoms with Crippen LogP contribution in [-0.4, -0.2) is 36.7 Å². The summed E-state index contributed by atoms with van der Waals surface area (Å²) in [6.45, 7) is 1.91. The predicted octanol–water partition coefficient (Wildman–Crippen LogP) is 2.51. The van der Waals surface area contributed by atoms with E-state index in [1.54, 1.807) is 17.0 Å². The monoisotopic (exact) mass is 365 g/mol. The number of carbonyl (C=O) groups excluding carboxylic acids is 2. The number of amides is 1. The van der Waals surface area contributed by atoms with Crippen LogP contribution in [0.4, 0.5) is 0 Å². The van der Waals surface area contributed by atoms with E-state index in [4.69, 9.17) is 25.8 Å². The highest BCUT2D eigenvalue weighted by Gasteiger charge is 2.38. The van der Waals surface area contributed by atoms with Gasteiger partial charge in [0.1, 0.15) is 12.4 Å². The van der Waals surface area contributed by atoms with Crippen LogP contribution in [0, 0.1) is 11.8 Å². The van der Waals surface area contributed by atoms with E-state index in [-0.39, 0.29) is 37.6 Å². The zero-order chi connectivity index (χ0) is 17.4. The van der Waals surface area contributed by atoms with E-state index in [1.807, 2.05) is 0 Å². The SMILES string of the molecule is O=C(OCc1cc(Cl)cc2c1OCOC2)[C@H]1CC(=O)N(CC2CC2)C1. The molecule has 0 N–H and O–H groups in total. The normalized spacial score (nSPS) is 22.5. The van der Waals surface area contributed by atoms with Gasteiger partial charge in [0, 0.05) is 35.7 Å². The molecule has 0 radical (unpaired) electrons. The molecule has 4 rings (SSSR count). The first-order valence-electron chi connectivity index (χ1n) is 8.56. The molecule has 0 bridgehead atoms. The summed E-state index contributed by atoms with van der Waals surface area (Å²) in [6, 6.07) is 3.52. The van der Waals surface area contributed by atoms with Crippen LogP contribution in [0.1, 0.15) is 30.4 Å². The lowest BCUT2D eigenvalue weighted by molar-refractivity contribution is -0.149. The van der Waals surface area contributed by atoms with Crippen molar-refractivity contribution < 1.29 is 23.8 Å². The Hall–Kier alpha value is -1.79. The molecular formula is C18H20ClNO5. The summed E-state index contributed by atoms with van der Waals surface area (Å²) in [7, 11) is 0. The van der Waals surface area contributed by atoms with Crippen LogP contribution >= 0.6 is 11.6 Å². The molecule has 7 heteroatoms. The lowest BCUT2D eigenvalue weighted by Crippen LogP contribution is -2.28. The zero-order valence-electron chi connectivity index (χ0n) is 13.8. The molecule has 1 saturated carbocycles. The third-order valence-electron chi connectivity index (χ3n) is 4.84. The van der Waals surface area contributed by atoms with Crippen LogP contribution in [0.25, 0.3) is 0 Å². The van der Waals surface area contributed by atoms with E-state index >= 15 is 0 Å². The molecule has 2 heterocycles. The molecular weight excluding hydrogens is 346 g/mol. The first kappa shape index (κ1) is 16.7. The van der Waals surface area contributed by atoms with E-state index in [0.29, 0.717) is 29.8 Å². The van der Waals surface area contributed by atoms with Crippen molar-refractivity contribution >= 4 is 23.5 Å². The summed E-state index contributed by atoms with van der Waals surface area (Å²) in [5, 5.41) is 0.547. The minimum atomic E-state index is -0.384. The molecule has 6 nitrogen and oxygen atoms in total. The van der Waals surface area contributed by atoms with Gasteiger partial charge in [-0.1, -0.05) is 11.6 Å². The number of fused-ring (bicyclic) bond motifs is 1. The van der Waals surface area contributed by atoms with Crippen molar-refractivity contribution in [3.05, 3.63) is 28.3 Å². The predicted molar refractivity (Wildman–Crippen MR) is 88.9 cm³/mol. The third-order valence-corrected chi connectivity index (χ3v) is 5.06. The molecule has 1 aromatic rings. The molecule has 0 aromatic heterocycles. The lowest BCUT2D eigenvalue weighted by Gasteiger charge is -2.21. The minimum Gasteiger partial charge on any atom is -0.467 e. The topological polar surface area (TPSA) is 65.1 Å². The first-order valence-corrected chi connectivity index (χ1v) is 8.94. The number of hydrogen-bond acceptors (Lipinski definition) is 5. The fraction of sp³-hybridized carbons (Fsp3) is 0.556. The van der Waals surface area contributed by atoms with Gasteiger partial charge in [0.15, 0.2) is 6.79 Å². The van der Waals surface area contributed by atoms with Gasteiger partial charge in [-0.05, 0) is 30.9 Å². The molecule has 134 valence electrons. The number of likely N-dealkylation sites (tertiary alicyclic amines) is 1. The van der Waals surface area contributed by atoms with E-state index in [2.05, 4.69) is 0 Å². The van der Waals surface area contributed by atoms with E-state index in [9.17, 15) is 9.59 Å². The van der Waals surface area contributed by atoms with Gasteiger partial charge in [-0.25, -0.2) is 0 Å². The second-order valence-electron chi connectivity index (χ2n) is 6.91. The van der Waals surface area contributed by atoms with E-state index in [0.717, 1.165) is 17.7 Å². The van der Waals surface area contributed by atoms with Crippen molar-refractivity contribution in [3.8, 4) is 5.75 Å². The fourth-order valence-corrected chi connectivity index (χ4v) is 3.61. The Morgan fingerprint density at radius 2 is 2.20 bits per heavy atom. The highest BCUT2D eigenvalue weighted by molar-refractivity contribution is 6.30. The smallest absolute Gasteiger partial charge is 0.311 e. The number of halogens is 1. The molecule has 3 aliphatic rings. The van der Waals surface area contributed by atoms with Gasteiger partial charge in [-0.3, -0.25) is 9.59 Å². The highest BCUT2D eigenvalue weighted by atomic mass is 35.5. The maximum atomic E-state index is 12.4. The van der Waals surface area contributed by atoms with Crippen molar-refractivity contribution in [2.45, 2.75) is 32.5 Å². The molecule has 1 saturated heterocycles. The summed E-state index contributed by atoms with van der Waals surface area (Å²) in [4.78, 5) is 26.2. The van der Waals surface area contributed by atoms with Gasteiger partial charge < -0.3 is 19.1 Å². The Morgan fingerprint density at radius 3 is 3.00 bits per heavy atom. The number of esters is 1. The molecule has 25 heavy (non-hydrogen) atoms. The van der Waals surface area contributed by atoms with Crippen molar-refractivity contribution in [1.82, 2.24) is 4.90 Å². The Morgan fingerprint density at radius 1 is 1.36 bits per heavy atom. The average molecular weight is 366 g/mol. The lowest BCUT2D eigenvalue weighted by atomic mass is 10.1. The second-order valence-corrected chi connectivity index (χ2v) is 7.35. The van der Waals surface area contributed by atoms with Crippen molar-refractivity contribution in [1.29, 1.82) is 0 Å². The summed E-state index contributed by atoms with van der Waals surface area (Å²) in [6.07, 6.45) is 2.61. The largest absolute Gasteiger partial charge is 0.467 e. The Bertz CT molecular complexity index is 703. The molecule has 1 aromatic carbocycles. The number of ether oxygens (including phenoxy) is 3. The van der Waals surface area contributed by atoms with Gasteiger partial charge >= 0.3 is 5.97 Å². The van der Waals surface area contributed by atoms with Crippen molar-refractivity contribution in [2.24, 2.45) is 11.8 Å². The molecule has 2 fully saturated rings. The van der Waals surface area contributed by atoms with Crippen LogP contribution in [0.5, 0.6) is 5.75 Å². The molecule has 0 unspecified atom stereocenters. The quantitative estimate of drug-likeness (QED) is 0.750. The number of hydrogen-bond donors (Lipinski definition) is 0. The Kier molecular flexibility index (Phi) is 4.56. The van der Waals surface area contributed by atoms with Crippen molar-refractivity contribution in [3.63, 3.8) is 0 Å². The first-order chi connectivity index (χ1) is 12.1. The van der Waals surface area contributed by atoms with Crippen molar-refractivity contribution in [2.75, 3.05) is 19.9 Å². The van der Waals surface area contributed by atoms with E-state index in [1.165, 1.54) is 12.8 Å². The van der Waals surface area contributed by atoms with Crippen LogP contribution in [-0.2, 0) is 32.3 Å².